The number of anilines is 1. The number of hydrogen-bond donors (Lipinski definition) is 1. The maximum atomic E-state index is 13.3. The SMILES string of the molecule is COC(=O)c1ccc2c(c1)NC(c1cc(F)c(F)c(F)c1)C2. The van der Waals surface area contributed by atoms with E-state index >= 15 is 0 Å². The molecule has 1 unspecified atom stereocenters. The van der Waals surface area contributed by atoms with Crippen LogP contribution >= 0.6 is 0 Å². The number of rotatable bonds is 2. The second-order valence-electron chi connectivity index (χ2n) is 5.06. The molecule has 0 aliphatic carbocycles. The maximum absolute atomic E-state index is 13.3. The van der Waals surface area contributed by atoms with Gasteiger partial charge in [0, 0.05) is 5.69 Å². The van der Waals surface area contributed by atoms with Crippen LogP contribution in [0.3, 0.4) is 0 Å². The van der Waals surface area contributed by atoms with Crippen LogP contribution in [0.2, 0.25) is 0 Å². The number of benzene rings is 2. The van der Waals surface area contributed by atoms with Crippen LogP contribution in [0.15, 0.2) is 30.3 Å². The molecule has 2 aromatic rings. The summed E-state index contributed by atoms with van der Waals surface area (Å²) in [7, 11) is 1.29. The summed E-state index contributed by atoms with van der Waals surface area (Å²) in [6.07, 6.45) is 0.487. The molecule has 1 heterocycles. The molecule has 1 N–H and O–H groups in total. The Bertz CT molecular complexity index is 738. The Kier molecular flexibility index (Phi) is 3.52. The summed E-state index contributed by atoms with van der Waals surface area (Å²) in [4.78, 5) is 11.5. The fourth-order valence-corrected chi connectivity index (χ4v) is 2.57. The predicted molar refractivity (Wildman–Crippen MR) is 74.2 cm³/mol. The average molecular weight is 307 g/mol. The van der Waals surface area contributed by atoms with Gasteiger partial charge in [-0.15, -0.1) is 0 Å². The van der Waals surface area contributed by atoms with Gasteiger partial charge in [0.25, 0.3) is 0 Å². The topological polar surface area (TPSA) is 38.3 Å². The van der Waals surface area contributed by atoms with E-state index in [-0.39, 0.29) is 6.04 Å². The summed E-state index contributed by atoms with van der Waals surface area (Å²) in [6.45, 7) is 0. The van der Waals surface area contributed by atoms with Crippen LogP contribution in [0.1, 0.15) is 27.5 Å². The monoisotopic (exact) mass is 307 g/mol. The molecule has 3 nitrogen and oxygen atoms in total. The van der Waals surface area contributed by atoms with E-state index in [2.05, 4.69) is 10.1 Å². The van der Waals surface area contributed by atoms with E-state index in [9.17, 15) is 18.0 Å². The minimum Gasteiger partial charge on any atom is -0.465 e. The molecule has 6 heteroatoms. The molecule has 22 heavy (non-hydrogen) atoms. The third-order valence-electron chi connectivity index (χ3n) is 3.69. The van der Waals surface area contributed by atoms with E-state index in [1.54, 1.807) is 18.2 Å². The largest absolute Gasteiger partial charge is 0.465 e. The predicted octanol–water partition coefficient (Wildman–Crippen LogP) is 3.60. The minimum absolute atomic E-state index is 0.312. The Morgan fingerprint density at radius 3 is 2.50 bits per heavy atom. The van der Waals surface area contributed by atoms with E-state index in [0.29, 0.717) is 23.2 Å². The molecule has 0 fully saturated rings. The van der Waals surface area contributed by atoms with Gasteiger partial charge in [-0.05, 0) is 41.8 Å². The van der Waals surface area contributed by atoms with Crippen LogP contribution in [0.25, 0.3) is 0 Å². The van der Waals surface area contributed by atoms with Crippen LogP contribution in [0.4, 0.5) is 18.9 Å². The van der Waals surface area contributed by atoms with Gasteiger partial charge < -0.3 is 10.1 Å². The van der Waals surface area contributed by atoms with Gasteiger partial charge in [0.05, 0.1) is 18.7 Å². The number of ether oxygens (including phenoxy) is 1. The number of nitrogens with one attached hydrogen (secondary N) is 1. The molecule has 1 aliphatic heterocycles. The smallest absolute Gasteiger partial charge is 0.337 e. The summed E-state index contributed by atoms with van der Waals surface area (Å²) in [6, 6.07) is 6.57. The number of methoxy groups -OCH3 is 1. The number of hydrogen-bond acceptors (Lipinski definition) is 3. The molecule has 114 valence electrons. The van der Waals surface area contributed by atoms with Crippen LogP contribution in [0, 0.1) is 17.5 Å². The maximum Gasteiger partial charge on any atom is 0.337 e. The highest BCUT2D eigenvalue weighted by molar-refractivity contribution is 5.91. The van der Waals surface area contributed by atoms with Crippen molar-refractivity contribution >= 4 is 11.7 Å². The van der Waals surface area contributed by atoms with Gasteiger partial charge >= 0.3 is 5.97 Å². The lowest BCUT2D eigenvalue weighted by Crippen LogP contribution is -2.08. The summed E-state index contributed by atoms with van der Waals surface area (Å²) in [5.74, 6) is -4.38. The zero-order valence-corrected chi connectivity index (χ0v) is 11.6. The minimum atomic E-state index is -1.48. The first-order valence-electron chi connectivity index (χ1n) is 6.62. The molecule has 0 bridgehead atoms. The van der Waals surface area contributed by atoms with E-state index in [1.165, 1.54) is 7.11 Å². The lowest BCUT2D eigenvalue weighted by Gasteiger charge is -2.12. The molecular formula is C16H12F3NO2. The number of carbonyl (C=O) groups is 1. The first-order valence-corrected chi connectivity index (χ1v) is 6.62. The Labute approximate surface area is 124 Å². The molecule has 2 aromatic carbocycles. The molecule has 3 rings (SSSR count). The molecular weight excluding hydrogens is 295 g/mol. The second kappa shape index (κ2) is 5.36. The molecule has 0 aromatic heterocycles. The van der Waals surface area contributed by atoms with Crippen molar-refractivity contribution < 1.29 is 22.7 Å². The average Bonchev–Trinajstić information content (AvgIpc) is 2.94. The Morgan fingerprint density at radius 2 is 1.86 bits per heavy atom. The van der Waals surface area contributed by atoms with Crippen molar-refractivity contribution in [2.24, 2.45) is 0 Å². The highest BCUT2D eigenvalue weighted by Crippen LogP contribution is 2.35. The molecule has 1 aliphatic rings. The number of carbonyl (C=O) groups excluding carboxylic acids is 1. The summed E-state index contributed by atoms with van der Waals surface area (Å²) >= 11 is 0. The number of fused-ring (bicyclic) bond motifs is 1. The lowest BCUT2D eigenvalue weighted by molar-refractivity contribution is 0.0601. The van der Waals surface area contributed by atoms with Crippen molar-refractivity contribution in [1.29, 1.82) is 0 Å². The highest BCUT2D eigenvalue weighted by Gasteiger charge is 2.25. The van der Waals surface area contributed by atoms with Crippen molar-refractivity contribution in [2.75, 3.05) is 12.4 Å². The molecule has 0 saturated carbocycles. The van der Waals surface area contributed by atoms with Gasteiger partial charge in [0.2, 0.25) is 0 Å². The summed E-state index contributed by atoms with van der Waals surface area (Å²) in [5, 5.41) is 3.08. The standard InChI is InChI=1S/C16H12F3NO2/c1-22-16(21)9-3-2-8-6-14(20-13(8)7-9)10-4-11(17)15(19)12(18)5-10/h2-5,7,14,20H,6H2,1H3. The zero-order valence-electron chi connectivity index (χ0n) is 11.6. The number of esters is 1. The van der Waals surface area contributed by atoms with E-state index in [0.717, 1.165) is 17.7 Å². The fourth-order valence-electron chi connectivity index (χ4n) is 2.57. The molecule has 0 saturated heterocycles. The first kappa shape index (κ1) is 14.4. The van der Waals surface area contributed by atoms with Crippen LogP contribution in [-0.2, 0) is 11.2 Å². The van der Waals surface area contributed by atoms with Crippen molar-refractivity contribution in [3.05, 3.63) is 64.5 Å². The molecule has 0 spiro atoms. The normalized spacial score (nSPS) is 16.1. The second-order valence-corrected chi connectivity index (χ2v) is 5.06. The lowest BCUT2D eigenvalue weighted by atomic mass is 10.0. The van der Waals surface area contributed by atoms with Crippen molar-refractivity contribution in [3.63, 3.8) is 0 Å². The van der Waals surface area contributed by atoms with Gasteiger partial charge in [0.15, 0.2) is 17.5 Å². The first-order chi connectivity index (χ1) is 10.5. The van der Waals surface area contributed by atoms with Crippen molar-refractivity contribution in [3.8, 4) is 0 Å². The highest BCUT2D eigenvalue weighted by atomic mass is 19.2. The van der Waals surface area contributed by atoms with Crippen LogP contribution in [-0.4, -0.2) is 13.1 Å². The third-order valence-corrected chi connectivity index (χ3v) is 3.69. The summed E-state index contributed by atoms with van der Waals surface area (Å²) in [5.41, 5.74) is 2.29. The zero-order chi connectivity index (χ0) is 15.9. The Balaban J connectivity index is 1.90. The van der Waals surface area contributed by atoms with E-state index in [1.807, 2.05) is 0 Å². The van der Waals surface area contributed by atoms with Gasteiger partial charge in [-0.3, -0.25) is 0 Å². The number of halogens is 3. The van der Waals surface area contributed by atoms with Crippen molar-refractivity contribution in [2.45, 2.75) is 12.5 Å². The van der Waals surface area contributed by atoms with Gasteiger partial charge in [-0.25, -0.2) is 18.0 Å². The van der Waals surface area contributed by atoms with Gasteiger partial charge in [0.1, 0.15) is 0 Å². The quantitative estimate of drug-likeness (QED) is 0.680. The Hall–Kier alpha value is -2.50. The third kappa shape index (κ3) is 2.41. The summed E-state index contributed by atoms with van der Waals surface area (Å²) < 4.78 is 44.3. The van der Waals surface area contributed by atoms with Gasteiger partial charge in [-0.1, -0.05) is 6.07 Å². The van der Waals surface area contributed by atoms with E-state index < -0.39 is 23.4 Å². The Morgan fingerprint density at radius 1 is 1.18 bits per heavy atom. The van der Waals surface area contributed by atoms with E-state index in [4.69, 9.17) is 0 Å². The fraction of sp³-hybridized carbons (Fsp3) is 0.188. The van der Waals surface area contributed by atoms with Gasteiger partial charge in [-0.2, -0.15) is 0 Å². The molecule has 0 amide bonds. The van der Waals surface area contributed by atoms with Crippen LogP contribution < -0.4 is 5.32 Å². The molecule has 0 radical (unpaired) electrons. The molecule has 1 atom stereocenters. The van der Waals surface area contributed by atoms with Crippen molar-refractivity contribution in [1.82, 2.24) is 0 Å². The van der Waals surface area contributed by atoms with Crippen LogP contribution in [0.5, 0.6) is 0 Å².